The molecule has 34 heavy (non-hydrogen) atoms. The van der Waals surface area contributed by atoms with Crippen molar-refractivity contribution < 1.29 is 13.2 Å². The van der Waals surface area contributed by atoms with Crippen molar-refractivity contribution in [3.8, 4) is 16.8 Å². The number of hydrogen-bond donors (Lipinski definition) is 1. The summed E-state index contributed by atoms with van der Waals surface area (Å²) in [7, 11) is 3.45. The number of hydrogen-bond acceptors (Lipinski definition) is 4. The molecule has 1 N–H and O–H groups in total. The molecule has 172 valence electrons. The van der Waals surface area contributed by atoms with E-state index in [0.717, 1.165) is 21.7 Å². The normalized spacial score (nSPS) is 11.9. The maximum absolute atomic E-state index is 14.0. The van der Waals surface area contributed by atoms with E-state index in [0.29, 0.717) is 16.6 Å². The van der Waals surface area contributed by atoms with Crippen LogP contribution in [0.15, 0.2) is 65.7 Å². The van der Waals surface area contributed by atoms with Gasteiger partial charge in [-0.25, -0.2) is 9.97 Å². The van der Waals surface area contributed by atoms with E-state index in [1.807, 2.05) is 17.7 Å². The Hall–Kier alpha value is -3.85. The van der Waals surface area contributed by atoms with Crippen LogP contribution in [-0.2, 0) is 13.2 Å². The van der Waals surface area contributed by atoms with E-state index in [2.05, 4.69) is 15.3 Å². The molecule has 0 amide bonds. The SMILES string of the molecule is CNc1c(-c2ccc3ncn(C)c3c2)c(=O)n(-c2ccccc2Cl)c2nc(C(F)(F)F)ccc12. The van der Waals surface area contributed by atoms with Crippen LogP contribution < -0.4 is 10.9 Å². The number of aromatic nitrogens is 4. The third-order valence-electron chi connectivity index (χ3n) is 5.67. The molecule has 0 fully saturated rings. The first-order valence-electron chi connectivity index (χ1n) is 10.2. The first-order valence-corrected chi connectivity index (χ1v) is 10.6. The first kappa shape index (κ1) is 22.0. The van der Waals surface area contributed by atoms with E-state index in [-0.39, 0.29) is 21.9 Å². The van der Waals surface area contributed by atoms with Gasteiger partial charge in [-0.1, -0.05) is 29.8 Å². The molecule has 2 aromatic carbocycles. The van der Waals surface area contributed by atoms with Gasteiger partial charge in [0.25, 0.3) is 5.56 Å². The molecule has 0 spiro atoms. The minimum Gasteiger partial charge on any atom is -0.387 e. The Morgan fingerprint density at radius 1 is 1.06 bits per heavy atom. The zero-order valence-electron chi connectivity index (χ0n) is 18.0. The summed E-state index contributed by atoms with van der Waals surface area (Å²) >= 11 is 6.38. The van der Waals surface area contributed by atoms with Gasteiger partial charge in [0.1, 0.15) is 11.3 Å². The predicted molar refractivity (Wildman–Crippen MR) is 127 cm³/mol. The molecule has 5 aromatic rings. The highest BCUT2D eigenvalue weighted by molar-refractivity contribution is 6.32. The van der Waals surface area contributed by atoms with Gasteiger partial charge in [0.2, 0.25) is 0 Å². The lowest BCUT2D eigenvalue weighted by Crippen LogP contribution is -2.24. The molecule has 3 aromatic heterocycles. The molecule has 0 saturated heterocycles. The number of fused-ring (bicyclic) bond motifs is 2. The van der Waals surface area contributed by atoms with Crippen LogP contribution in [0, 0.1) is 0 Å². The number of benzene rings is 2. The van der Waals surface area contributed by atoms with Crippen LogP contribution in [0.1, 0.15) is 5.69 Å². The van der Waals surface area contributed by atoms with Gasteiger partial charge in [-0.05, 0) is 42.0 Å². The van der Waals surface area contributed by atoms with E-state index >= 15 is 0 Å². The largest absolute Gasteiger partial charge is 0.433 e. The van der Waals surface area contributed by atoms with Crippen LogP contribution >= 0.6 is 11.6 Å². The molecule has 5 rings (SSSR count). The number of pyridine rings is 2. The molecular formula is C24H17ClF3N5O. The molecule has 0 aliphatic carbocycles. The van der Waals surface area contributed by atoms with Gasteiger partial charge in [0, 0.05) is 19.5 Å². The zero-order valence-corrected chi connectivity index (χ0v) is 18.7. The number of nitrogens with one attached hydrogen (secondary N) is 1. The van der Waals surface area contributed by atoms with Gasteiger partial charge in [-0.15, -0.1) is 0 Å². The third kappa shape index (κ3) is 3.40. The summed E-state index contributed by atoms with van der Waals surface area (Å²) in [4.78, 5) is 22.1. The second kappa shape index (κ2) is 7.88. The van der Waals surface area contributed by atoms with Crippen LogP contribution in [0.4, 0.5) is 18.9 Å². The minimum atomic E-state index is -4.68. The fourth-order valence-electron chi connectivity index (χ4n) is 4.09. The Labute approximate surface area is 196 Å². The minimum absolute atomic E-state index is 0.150. The van der Waals surface area contributed by atoms with Crippen molar-refractivity contribution in [2.75, 3.05) is 12.4 Å². The van der Waals surface area contributed by atoms with Crippen molar-refractivity contribution in [2.24, 2.45) is 7.05 Å². The maximum Gasteiger partial charge on any atom is 0.433 e. The maximum atomic E-state index is 14.0. The second-order valence-corrected chi connectivity index (χ2v) is 8.12. The highest BCUT2D eigenvalue weighted by Crippen LogP contribution is 2.36. The lowest BCUT2D eigenvalue weighted by molar-refractivity contribution is -0.141. The summed E-state index contributed by atoms with van der Waals surface area (Å²) in [6.45, 7) is 0. The van der Waals surface area contributed by atoms with Crippen molar-refractivity contribution in [3.05, 3.63) is 82.0 Å². The number of halogens is 4. The molecular weight excluding hydrogens is 467 g/mol. The lowest BCUT2D eigenvalue weighted by Gasteiger charge is -2.19. The quantitative estimate of drug-likeness (QED) is 0.360. The van der Waals surface area contributed by atoms with E-state index < -0.39 is 17.4 Å². The Kier molecular flexibility index (Phi) is 5.09. The number of alkyl halides is 3. The predicted octanol–water partition coefficient (Wildman–Crippen LogP) is 5.65. The second-order valence-electron chi connectivity index (χ2n) is 7.72. The topological polar surface area (TPSA) is 64.7 Å². The van der Waals surface area contributed by atoms with Crippen LogP contribution in [0.2, 0.25) is 5.02 Å². The van der Waals surface area contributed by atoms with Gasteiger partial charge >= 0.3 is 6.18 Å². The summed E-state index contributed by atoms with van der Waals surface area (Å²) in [6.07, 6.45) is -3.02. The van der Waals surface area contributed by atoms with E-state index in [1.165, 1.54) is 6.07 Å². The number of anilines is 1. The number of nitrogens with zero attached hydrogens (tertiary/aromatic N) is 4. The molecule has 6 nitrogen and oxygen atoms in total. The van der Waals surface area contributed by atoms with Gasteiger partial charge in [0.15, 0.2) is 0 Å². The van der Waals surface area contributed by atoms with Crippen LogP contribution in [-0.4, -0.2) is 26.1 Å². The summed E-state index contributed by atoms with van der Waals surface area (Å²) in [5.41, 5.74) is 1.19. The van der Waals surface area contributed by atoms with E-state index in [4.69, 9.17) is 11.6 Å². The van der Waals surface area contributed by atoms with E-state index in [1.54, 1.807) is 49.8 Å². The molecule has 0 aliphatic heterocycles. The van der Waals surface area contributed by atoms with Crippen molar-refractivity contribution in [3.63, 3.8) is 0 Å². The number of aryl methyl sites for hydroxylation is 1. The third-order valence-corrected chi connectivity index (χ3v) is 5.99. The van der Waals surface area contributed by atoms with Gasteiger partial charge in [0.05, 0.1) is 39.3 Å². The highest BCUT2D eigenvalue weighted by Gasteiger charge is 2.33. The van der Waals surface area contributed by atoms with Crippen LogP contribution in [0.5, 0.6) is 0 Å². The van der Waals surface area contributed by atoms with Crippen molar-refractivity contribution >= 4 is 39.4 Å². The highest BCUT2D eigenvalue weighted by atomic mass is 35.5. The monoisotopic (exact) mass is 483 g/mol. The average molecular weight is 484 g/mol. The fraction of sp³-hybridized carbons (Fsp3) is 0.125. The number of para-hydroxylation sites is 1. The molecule has 3 heterocycles. The van der Waals surface area contributed by atoms with Crippen molar-refractivity contribution in [1.82, 2.24) is 19.1 Å². The Bertz CT molecular complexity index is 1640. The van der Waals surface area contributed by atoms with Crippen LogP contribution in [0.25, 0.3) is 38.9 Å². The molecule has 0 aliphatic rings. The summed E-state index contributed by atoms with van der Waals surface area (Å²) in [5.74, 6) is 0. The van der Waals surface area contributed by atoms with Crippen molar-refractivity contribution in [2.45, 2.75) is 6.18 Å². The van der Waals surface area contributed by atoms with E-state index in [9.17, 15) is 18.0 Å². The average Bonchev–Trinajstić information content (AvgIpc) is 3.18. The fourth-order valence-corrected chi connectivity index (χ4v) is 4.31. The summed E-state index contributed by atoms with van der Waals surface area (Å²) in [6, 6.07) is 14.0. The number of rotatable bonds is 3. The molecule has 0 radical (unpaired) electrons. The molecule has 0 unspecified atom stereocenters. The number of imidazole rings is 1. The Morgan fingerprint density at radius 2 is 1.82 bits per heavy atom. The molecule has 0 atom stereocenters. The van der Waals surface area contributed by atoms with Crippen molar-refractivity contribution in [1.29, 1.82) is 0 Å². The first-order chi connectivity index (χ1) is 16.2. The summed E-state index contributed by atoms with van der Waals surface area (Å²) < 4.78 is 43.5. The zero-order chi connectivity index (χ0) is 24.2. The van der Waals surface area contributed by atoms with Gasteiger partial charge in [-0.2, -0.15) is 13.2 Å². The van der Waals surface area contributed by atoms with Crippen LogP contribution in [0.3, 0.4) is 0 Å². The Morgan fingerprint density at radius 3 is 2.53 bits per heavy atom. The standard InChI is InChI=1S/C24H17ClF3N5O/c1-29-21-14-8-10-19(24(26,27)28)31-22(14)33(17-6-4-3-5-15(17)25)23(34)20(21)13-7-9-16-18(11-13)32(2)12-30-16/h3-12,29H,1-2H3. The lowest BCUT2D eigenvalue weighted by atomic mass is 10.0. The Balaban J connectivity index is 1.95. The van der Waals surface area contributed by atoms with Gasteiger partial charge < -0.3 is 9.88 Å². The molecule has 10 heteroatoms. The van der Waals surface area contributed by atoms with Gasteiger partial charge in [-0.3, -0.25) is 9.36 Å². The smallest absolute Gasteiger partial charge is 0.387 e. The summed E-state index contributed by atoms with van der Waals surface area (Å²) in [5, 5.41) is 3.54. The molecule has 0 bridgehead atoms. The molecule has 0 saturated carbocycles.